The van der Waals surface area contributed by atoms with Crippen molar-refractivity contribution in [1.29, 1.82) is 0 Å². The van der Waals surface area contributed by atoms with Crippen LogP contribution in [0.25, 0.3) is 0 Å². The number of piperazine rings is 1. The van der Waals surface area contributed by atoms with Gasteiger partial charge in [0.25, 0.3) is 5.60 Å². The zero-order chi connectivity index (χ0) is 28.5. The molecule has 0 saturated carbocycles. The molecule has 1 aromatic carbocycles. The van der Waals surface area contributed by atoms with Gasteiger partial charge < -0.3 is 19.8 Å². The molecule has 1 aromatic rings. The number of aliphatic hydroxyl groups is 1. The van der Waals surface area contributed by atoms with Crippen LogP contribution in [0.3, 0.4) is 0 Å². The minimum Gasteiger partial charge on any atom is -0.369 e. The van der Waals surface area contributed by atoms with Crippen LogP contribution in [0.5, 0.6) is 0 Å². The fraction of sp³-hybridized carbons (Fsp3) is 0.519. The molecular weight excluding hydrogens is 512 g/mol. The predicted octanol–water partition coefficient (Wildman–Crippen LogP) is 5.46. The van der Waals surface area contributed by atoms with E-state index >= 15 is 0 Å². The number of nitrogens with zero attached hydrogens (tertiary/aromatic N) is 3. The van der Waals surface area contributed by atoms with Crippen molar-refractivity contribution >= 4 is 6.03 Å². The second-order valence-electron chi connectivity index (χ2n) is 10.2. The zero-order valence-corrected chi connectivity index (χ0v) is 21.6. The summed E-state index contributed by atoms with van der Waals surface area (Å²) in [7, 11) is 1.97. The minimum absolute atomic E-state index is 0.169. The summed E-state index contributed by atoms with van der Waals surface area (Å²) < 4.78 is 80.2. The molecule has 2 heterocycles. The van der Waals surface area contributed by atoms with Crippen molar-refractivity contribution in [3.63, 3.8) is 0 Å². The molecule has 2 aliphatic heterocycles. The molecule has 210 valence electrons. The van der Waals surface area contributed by atoms with E-state index in [2.05, 4.69) is 11.5 Å². The van der Waals surface area contributed by atoms with Crippen LogP contribution in [-0.4, -0.2) is 84.5 Å². The van der Waals surface area contributed by atoms with Crippen LogP contribution in [0, 0.1) is 5.41 Å². The van der Waals surface area contributed by atoms with Gasteiger partial charge in [-0.1, -0.05) is 62.1 Å². The Morgan fingerprint density at radius 2 is 1.55 bits per heavy atom. The molecule has 0 aliphatic carbocycles. The molecule has 2 atom stereocenters. The number of alkyl halides is 6. The lowest BCUT2D eigenvalue weighted by atomic mass is 9.71. The first kappa shape index (κ1) is 29.8. The monoisotopic (exact) mass is 545 g/mol. The molecule has 0 bridgehead atoms. The van der Waals surface area contributed by atoms with E-state index in [1.807, 2.05) is 27.0 Å². The van der Waals surface area contributed by atoms with Gasteiger partial charge in [-0.15, -0.1) is 0 Å². The maximum Gasteiger partial charge on any atom is 0.430 e. The lowest BCUT2D eigenvalue weighted by Gasteiger charge is -2.35. The van der Waals surface area contributed by atoms with Gasteiger partial charge in [0.2, 0.25) is 0 Å². The number of hydrogen-bond acceptors (Lipinski definition) is 3. The maximum atomic E-state index is 13.4. The second kappa shape index (κ2) is 10.8. The number of benzene rings is 1. The highest BCUT2D eigenvalue weighted by atomic mass is 19.4. The molecule has 0 aromatic heterocycles. The third-order valence-corrected chi connectivity index (χ3v) is 7.62. The van der Waals surface area contributed by atoms with E-state index in [1.165, 1.54) is 0 Å². The van der Waals surface area contributed by atoms with Crippen molar-refractivity contribution in [1.82, 2.24) is 14.7 Å². The molecule has 2 aliphatic rings. The molecule has 0 unspecified atom stereocenters. The number of allylic oxidation sites excluding steroid dienone is 4. The van der Waals surface area contributed by atoms with Gasteiger partial charge in [0, 0.05) is 56.2 Å². The van der Waals surface area contributed by atoms with Crippen LogP contribution >= 0.6 is 0 Å². The van der Waals surface area contributed by atoms with Crippen molar-refractivity contribution in [3.05, 3.63) is 71.8 Å². The molecule has 38 heavy (non-hydrogen) atoms. The highest BCUT2D eigenvalue weighted by Crippen LogP contribution is 2.51. The van der Waals surface area contributed by atoms with Gasteiger partial charge in [-0.2, -0.15) is 26.3 Å². The Labute approximate surface area is 218 Å². The second-order valence-corrected chi connectivity index (χ2v) is 10.2. The number of rotatable bonds is 5. The molecule has 0 radical (unpaired) electrons. The third-order valence-electron chi connectivity index (χ3n) is 7.62. The Morgan fingerprint density at radius 3 is 2.05 bits per heavy atom. The number of carbonyl (C=O) groups is 1. The van der Waals surface area contributed by atoms with Crippen LogP contribution in [0.2, 0.25) is 0 Å². The Morgan fingerprint density at radius 1 is 1.00 bits per heavy atom. The fourth-order valence-electron chi connectivity index (χ4n) is 5.05. The molecule has 2 saturated heterocycles. The number of amides is 2. The van der Waals surface area contributed by atoms with Crippen molar-refractivity contribution in [2.24, 2.45) is 5.41 Å². The molecule has 11 heteroatoms. The summed E-state index contributed by atoms with van der Waals surface area (Å²) >= 11 is 0. The van der Waals surface area contributed by atoms with E-state index in [1.54, 1.807) is 28.0 Å². The number of urea groups is 1. The summed E-state index contributed by atoms with van der Waals surface area (Å²) in [5.74, 6) is -0.458. The number of carbonyl (C=O) groups excluding carboxylic acids is 1. The van der Waals surface area contributed by atoms with Gasteiger partial charge in [-0.05, 0) is 25.1 Å². The number of likely N-dealkylation sites (tertiary alicyclic amines) is 1. The van der Waals surface area contributed by atoms with Crippen molar-refractivity contribution < 1.29 is 36.2 Å². The van der Waals surface area contributed by atoms with Crippen LogP contribution in [-0.2, 0) is 5.60 Å². The van der Waals surface area contributed by atoms with E-state index in [0.29, 0.717) is 36.4 Å². The van der Waals surface area contributed by atoms with Crippen LogP contribution in [0.15, 0.2) is 60.7 Å². The van der Waals surface area contributed by atoms with Crippen molar-refractivity contribution in [2.45, 2.75) is 37.7 Å². The minimum atomic E-state index is -5.97. The number of halogens is 6. The highest BCUT2D eigenvalue weighted by molar-refractivity contribution is 5.75. The zero-order valence-electron chi connectivity index (χ0n) is 21.6. The van der Waals surface area contributed by atoms with E-state index < -0.39 is 34.8 Å². The average Bonchev–Trinajstić information content (AvgIpc) is 3.21. The third kappa shape index (κ3) is 5.49. The summed E-state index contributed by atoms with van der Waals surface area (Å²) in [4.78, 5) is 18.9. The molecule has 5 nitrogen and oxygen atoms in total. The summed E-state index contributed by atoms with van der Waals surface area (Å²) in [6, 6.07) is 3.46. The van der Waals surface area contributed by atoms with E-state index in [0.717, 1.165) is 25.2 Å². The van der Waals surface area contributed by atoms with E-state index in [4.69, 9.17) is 0 Å². The van der Waals surface area contributed by atoms with Crippen LogP contribution < -0.4 is 0 Å². The Bertz CT molecular complexity index is 1060. The van der Waals surface area contributed by atoms with Gasteiger partial charge >= 0.3 is 18.4 Å². The van der Waals surface area contributed by atoms with Crippen molar-refractivity contribution in [2.75, 3.05) is 46.3 Å². The molecular formula is C27H33F6N3O2. The van der Waals surface area contributed by atoms with Gasteiger partial charge in [-0.25, -0.2) is 4.79 Å². The maximum absolute atomic E-state index is 13.4. The number of hydrogen-bond donors (Lipinski definition) is 1. The fourth-order valence-corrected chi connectivity index (χ4v) is 5.05. The van der Waals surface area contributed by atoms with E-state index in [9.17, 15) is 36.2 Å². The van der Waals surface area contributed by atoms with Gasteiger partial charge in [0.1, 0.15) is 0 Å². The van der Waals surface area contributed by atoms with Gasteiger partial charge in [-0.3, -0.25) is 0 Å². The predicted molar refractivity (Wildman–Crippen MR) is 132 cm³/mol. The van der Waals surface area contributed by atoms with Gasteiger partial charge in [0.15, 0.2) is 0 Å². The van der Waals surface area contributed by atoms with Gasteiger partial charge in [0.05, 0.1) is 0 Å². The van der Waals surface area contributed by atoms with E-state index in [-0.39, 0.29) is 19.1 Å². The largest absolute Gasteiger partial charge is 0.430 e. The smallest absolute Gasteiger partial charge is 0.369 e. The summed E-state index contributed by atoms with van der Waals surface area (Å²) in [6.07, 6.45) is -4.74. The first-order chi connectivity index (χ1) is 17.6. The SMILES string of the molecule is C=C(/C=C\C=C/C)[C@@]1(C)CN(C(=O)N2CCN(C)CC2)C[C@H]1c1ccc(C(O)(C(F)(F)F)C(F)(F)F)cc1. The Kier molecular flexibility index (Phi) is 8.43. The first-order valence-corrected chi connectivity index (χ1v) is 12.2. The Hall–Kier alpha value is -2.79. The average molecular weight is 546 g/mol. The summed E-state index contributed by atoms with van der Waals surface area (Å²) in [5, 5.41) is 9.76. The molecule has 3 rings (SSSR count). The molecule has 2 amide bonds. The lowest BCUT2D eigenvalue weighted by molar-refractivity contribution is -0.376. The summed E-state index contributed by atoms with van der Waals surface area (Å²) in [6.45, 7) is 10.9. The normalized spacial score (nSPS) is 24.1. The topological polar surface area (TPSA) is 47.0 Å². The first-order valence-electron chi connectivity index (χ1n) is 12.2. The van der Waals surface area contributed by atoms with Crippen LogP contribution in [0.1, 0.15) is 30.9 Å². The molecule has 0 spiro atoms. The molecule has 2 fully saturated rings. The summed E-state index contributed by atoms with van der Waals surface area (Å²) in [5.41, 5.74) is -5.96. The molecule has 1 N–H and O–H groups in total. The standard InChI is InChI=1S/C27H33F6N3O2/c1-5-6-7-8-19(2)24(3)18-36(23(37)35-15-13-34(4)14-16-35)17-22(24)20-9-11-21(12-10-20)25(38,26(28,29)30)27(31,32)33/h5-12,22,38H,2,13-18H2,1,3-4H3/b6-5-,8-7-/t22-,24+/m0/s1. The van der Waals surface area contributed by atoms with Crippen LogP contribution in [0.4, 0.5) is 31.1 Å². The quantitative estimate of drug-likeness (QED) is 0.395. The lowest BCUT2D eigenvalue weighted by Crippen LogP contribution is -2.53. The number of likely N-dealkylation sites (N-methyl/N-ethyl adjacent to an activating group) is 1. The Balaban J connectivity index is 1.97. The highest BCUT2D eigenvalue weighted by Gasteiger charge is 2.71. The van der Waals surface area contributed by atoms with Crippen molar-refractivity contribution in [3.8, 4) is 0 Å².